The van der Waals surface area contributed by atoms with Crippen LogP contribution in [0.1, 0.15) is 41.8 Å². The maximum atomic E-state index is 12.1. The Morgan fingerprint density at radius 2 is 1.89 bits per heavy atom. The van der Waals surface area contributed by atoms with Crippen LogP contribution in [0.4, 0.5) is 0 Å². The van der Waals surface area contributed by atoms with Gasteiger partial charge in [-0.1, -0.05) is 26.0 Å². The summed E-state index contributed by atoms with van der Waals surface area (Å²) in [6.07, 6.45) is 0.423. The van der Waals surface area contributed by atoms with Crippen LogP contribution in [0.5, 0.6) is 0 Å². The van der Waals surface area contributed by atoms with Crippen molar-refractivity contribution in [2.45, 2.75) is 40.2 Å². The summed E-state index contributed by atoms with van der Waals surface area (Å²) >= 11 is 0. The smallest absolute Gasteiger partial charge is 0.326 e. The van der Waals surface area contributed by atoms with Crippen molar-refractivity contribution in [3.05, 3.63) is 34.9 Å². The first-order valence-electron chi connectivity index (χ1n) is 6.42. The number of hydrogen-bond donors (Lipinski definition) is 2. The second-order valence-electron chi connectivity index (χ2n) is 5.24. The van der Waals surface area contributed by atoms with Gasteiger partial charge in [-0.15, -0.1) is 0 Å². The number of aliphatic carboxylic acids is 1. The molecule has 0 aliphatic heterocycles. The lowest BCUT2D eigenvalue weighted by Gasteiger charge is -2.17. The molecule has 0 radical (unpaired) electrons. The van der Waals surface area contributed by atoms with Crippen LogP contribution in [0.25, 0.3) is 0 Å². The Balaban J connectivity index is 2.88. The zero-order valence-corrected chi connectivity index (χ0v) is 11.9. The first-order chi connectivity index (χ1) is 8.82. The number of nitrogens with one attached hydrogen (secondary N) is 1. The molecule has 19 heavy (non-hydrogen) atoms. The molecule has 0 heterocycles. The lowest BCUT2D eigenvalue weighted by molar-refractivity contribution is -0.139. The third kappa shape index (κ3) is 4.09. The van der Waals surface area contributed by atoms with E-state index < -0.39 is 12.0 Å². The number of carboxylic acid groups (broad SMARTS) is 1. The van der Waals surface area contributed by atoms with Crippen LogP contribution in [0.3, 0.4) is 0 Å². The van der Waals surface area contributed by atoms with Crippen molar-refractivity contribution >= 4 is 11.9 Å². The van der Waals surface area contributed by atoms with Gasteiger partial charge in [-0.25, -0.2) is 4.79 Å². The Morgan fingerprint density at radius 3 is 2.42 bits per heavy atom. The molecule has 1 amide bonds. The maximum absolute atomic E-state index is 12.1. The predicted molar refractivity (Wildman–Crippen MR) is 74.3 cm³/mol. The van der Waals surface area contributed by atoms with Gasteiger partial charge >= 0.3 is 5.97 Å². The first kappa shape index (κ1) is 15.2. The van der Waals surface area contributed by atoms with Crippen LogP contribution in [-0.2, 0) is 4.79 Å². The molecule has 0 spiro atoms. The third-order valence-corrected chi connectivity index (χ3v) is 3.16. The van der Waals surface area contributed by atoms with E-state index in [1.165, 1.54) is 0 Å². The monoisotopic (exact) mass is 263 g/mol. The number of carboxylic acids is 1. The molecule has 0 aromatic heterocycles. The standard InChI is InChI=1S/C15H21NO3/c1-9(2)8-13(15(18)19)16-14(17)12-7-5-6-10(3)11(12)4/h5-7,9,13H,8H2,1-4H3,(H,16,17)(H,18,19)/t13-/m1/s1. The largest absolute Gasteiger partial charge is 0.480 e. The van der Waals surface area contributed by atoms with E-state index >= 15 is 0 Å². The highest BCUT2D eigenvalue weighted by Crippen LogP contribution is 2.13. The van der Waals surface area contributed by atoms with Crippen molar-refractivity contribution < 1.29 is 14.7 Å². The molecule has 4 heteroatoms. The quantitative estimate of drug-likeness (QED) is 0.858. The van der Waals surface area contributed by atoms with E-state index in [4.69, 9.17) is 5.11 Å². The van der Waals surface area contributed by atoms with E-state index in [-0.39, 0.29) is 11.8 Å². The van der Waals surface area contributed by atoms with Crippen molar-refractivity contribution in [2.24, 2.45) is 5.92 Å². The molecular weight excluding hydrogens is 242 g/mol. The van der Waals surface area contributed by atoms with E-state index in [1.807, 2.05) is 33.8 Å². The molecule has 0 aliphatic rings. The molecular formula is C15H21NO3. The molecule has 0 saturated heterocycles. The lowest BCUT2D eigenvalue weighted by atomic mass is 10.0. The Morgan fingerprint density at radius 1 is 1.26 bits per heavy atom. The molecule has 1 aromatic carbocycles. The molecule has 0 bridgehead atoms. The minimum Gasteiger partial charge on any atom is -0.480 e. The van der Waals surface area contributed by atoms with E-state index in [1.54, 1.807) is 12.1 Å². The van der Waals surface area contributed by atoms with Gasteiger partial charge in [0, 0.05) is 5.56 Å². The van der Waals surface area contributed by atoms with E-state index in [0.717, 1.165) is 11.1 Å². The SMILES string of the molecule is Cc1cccc(C(=O)N[C@H](CC(C)C)C(=O)O)c1C. The lowest BCUT2D eigenvalue weighted by Crippen LogP contribution is -2.41. The second-order valence-corrected chi connectivity index (χ2v) is 5.24. The molecule has 0 fully saturated rings. The van der Waals surface area contributed by atoms with E-state index in [2.05, 4.69) is 5.32 Å². The number of carbonyl (C=O) groups is 2. The number of rotatable bonds is 5. The highest BCUT2D eigenvalue weighted by atomic mass is 16.4. The fourth-order valence-corrected chi connectivity index (χ4v) is 1.93. The summed E-state index contributed by atoms with van der Waals surface area (Å²) < 4.78 is 0. The predicted octanol–water partition coefficient (Wildman–Crippen LogP) is 2.53. The molecule has 1 rings (SSSR count). The summed E-state index contributed by atoms with van der Waals surface area (Å²) in [6, 6.07) is 4.60. The molecule has 0 saturated carbocycles. The Labute approximate surface area is 113 Å². The Hall–Kier alpha value is -1.84. The molecule has 1 aromatic rings. The first-order valence-corrected chi connectivity index (χ1v) is 6.42. The van der Waals surface area contributed by atoms with Gasteiger partial charge < -0.3 is 10.4 Å². The van der Waals surface area contributed by atoms with Crippen molar-refractivity contribution in [3.8, 4) is 0 Å². The van der Waals surface area contributed by atoms with Gasteiger partial charge in [0.15, 0.2) is 0 Å². The van der Waals surface area contributed by atoms with Crippen LogP contribution in [-0.4, -0.2) is 23.0 Å². The minimum atomic E-state index is -0.993. The Bertz CT molecular complexity index is 480. The highest BCUT2D eigenvalue weighted by Gasteiger charge is 2.22. The van der Waals surface area contributed by atoms with Gasteiger partial charge in [0.25, 0.3) is 5.91 Å². The fraction of sp³-hybridized carbons (Fsp3) is 0.467. The van der Waals surface area contributed by atoms with Gasteiger partial charge in [-0.05, 0) is 43.4 Å². The normalized spacial score (nSPS) is 12.3. The van der Waals surface area contributed by atoms with Crippen LogP contribution in [0, 0.1) is 19.8 Å². The van der Waals surface area contributed by atoms with Crippen LogP contribution in [0.15, 0.2) is 18.2 Å². The number of amides is 1. The van der Waals surface area contributed by atoms with Crippen molar-refractivity contribution in [1.82, 2.24) is 5.32 Å². The number of benzene rings is 1. The molecule has 0 aliphatic carbocycles. The van der Waals surface area contributed by atoms with Crippen molar-refractivity contribution in [3.63, 3.8) is 0 Å². The van der Waals surface area contributed by atoms with Crippen LogP contribution in [0.2, 0.25) is 0 Å². The van der Waals surface area contributed by atoms with E-state index in [0.29, 0.717) is 12.0 Å². The van der Waals surface area contributed by atoms with Gasteiger partial charge in [0.05, 0.1) is 0 Å². The summed E-state index contributed by atoms with van der Waals surface area (Å²) in [5.74, 6) is -1.11. The number of aryl methyl sites for hydroxylation is 1. The molecule has 1 atom stereocenters. The van der Waals surface area contributed by atoms with Gasteiger partial charge in [0.2, 0.25) is 0 Å². The summed E-state index contributed by atoms with van der Waals surface area (Å²) in [6.45, 7) is 7.65. The highest BCUT2D eigenvalue weighted by molar-refractivity contribution is 5.98. The number of carbonyl (C=O) groups excluding carboxylic acids is 1. The van der Waals surface area contributed by atoms with Crippen LogP contribution >= 0.6 is 0 Å². The zero-order valence-electron chi connectivity index (χ0n) is 11.9. The zero-order chi connectivity index (χ0) is 14.6. The second kappa shape index (κ2) is 6.36. The minimum absolute atomic E-state index is 0.208. The summed E-state index contributed by atoms with van der Waals surface area (Å²) in [4.78, 5) is 23.3. The Kier molecular flexibility index (Phi) is 5.10. The van der Waals surface area contributed by atoms with Gasteiger partial charge in [-0.2, -0.15) is 0 Å². The van der Waals surface area contributed by atoms with Crippen molar-refractivity contribution in [1.29, 1.82) is 0 Å². The van der Waals surface area contributed by atoms with Gasteiger partial charge in [0.1, 0.15) is 6.04 Å². The van der Waals surface area contributed by atoms with Gasteiger partial charge in [-0.3, -0.25) is 4.79 Å². The molecule has 4 nitrogen and oxygen atoms in total. The average Bonchev–Trinajstić information content (AvgIpc) is 2.31. The molecule has 2 N–H and O–H groups in total. The third-order valence-electron chi connectivity index (χ3n) is 3.16. The molecule has 104 valence electrons. The molecule has 0 unspecified atom stereocenters. The average molecular weight is 263 g/mol. The summed E-state index contributed by atoms with van der Waals surface area (Å²) in [5, 5.41) is 11.7. The maximum Gasteiger partial charge on any atom is 0.326 e. The number of hydrogen-bond acceptors (Lipinski definition) is 2. The fourth-order valence-electron chi connectivity index (χ4n) is 1.93. The van der Waals surface area contributed by atoms with E-state index in [9.17, 15) is 9.59 Å². The van der Waals surface area contributed by atoms with Crippen LogP contribution < -0.4 is 5.32 Å². The topological polar surface area (TPSA) is 66.4 Å². The summed E-state index contributed by atoms with van der Waals surface area (Å²) in [7, 11) is 0. The summed E-state index contributed by atoms with van der Waals surface area (Å²) in [5.41, 5.74) is 2.44. The van der Waals surface area contributed by atoms with Crippen molar-refractivity contribution in [2.75, 3.05) is 0 Å².